The zero-order valence-electron chi connectivity index (χ0n) is 10.3. The highest BCUT2D eigenvalue weighted by molar-refractivity contribution is 5.77. The third-order valence-electron chi connectivity index (χ3n) is 2.36. The highest BCUT2D eigenvalue weighted by Crippen LogP contribution is 2.15. The fourth-order valence-corrected chi connectivity index (χ4v) is 1.48. The number of hydrogen-bond acceptors (Lipinski definition) is 5. The number of ether oxygens (including phenoxy) is 1. The molecule has 1 N–H and O–H groups in total. The van der Waals surface area contributed by atoms with Gasteiger partial charge in [-0.15, -0.1) is 0 Å². The zero-order chi connectivity index (χ0) is 12.8. The lowest BCUT2D eigenvalue weighted by molar-refractivity contribution is -0.138. The minimum absolute atomic E-state index is 0.352. The van der Waals surface area contributed by atoms with Crippen LogP contribution in [0.15, 0.2) is 12.3 Å². The average Bonchev–Trinajstić information content (AvgIpc) is 2.30. The van der Waals surface area contributed by atoms with Gasteiger partial charge in [0.05, 0.1) is 6.61 Å². The van der Waals surface area contributed by atoms with Gasteiger partial charge >= 0.3 is 5.97 Å². The maximum absolute atomic E-state index is 11.0. The van der Waals surface area contributed by atoms with Crippen molar-refractivity contribution in [1.82, 2.24) is 9.97 Å². The highest BCUT2D eigenvalue weighted by Gasteiger charge is 2.22. The molecule has 0 amide bonds. The summed E-state index contributed by atoms with van der Waals surface area (Å²) in [6.07, 6.45) is 2.03. The van der Waals surface area contributed by atoms with E-state index in [1.54, 1.807) is 19.3 Å². The largest absolute Gasteiger partial charge is 0.480 e. The Bertz CT molecular complexity index is 384. The van der Waals surface area contributed by atoms with Gasteiger partial charge in [-0.25, -0.2) is 9.78 Å². The first-order chi connectivity index (χ1) is 8.10. The first kappa shape index (κ1) is 13.2. The predicted molar refractivity (Wildman–Crippen MR) is 63.3 cm³/mol. The number of hydrogen-bond donors (Lipinski definition) is 1. The van der Waals surface area contributed by atoms with E-state index in [0.717, 1.165) is 0 Å². The Morgan fingerprint density at radius 2 is 2.29 bits per heavy atom. The van der Waals surface area contributed by atoms with E-state index in [1.807, 2.05) is 13.8 Å². The first-order valence-electron chi connectivity index (χ1n) is 5.51. The monoisotopic (exact) mass is 239 g/mol. The summed E-state index contributed by atoms with van der Waals surface area (Å²) in [7, 11) is 1.66. The number of carboxylic acid groups (broad SMARTS) is 1. The maximum Gasteiger partial charge on any atom is 0.326 e. The van der Waals surface area contributed by atoms with Crippen LogP contribution < -0.4 is 9.64 Å². The van der Waals surface area contributed by atoms with Gasteiger partial charge in [-0.3, -0.25) is 0 Å². The van der Waals surface area contributed by atoms with Crippen molar-refractivity contribution in [2.75, 3.05) is 18.6 Å². The van der Waals surface area contributed by atoms with Gasteiger partial charge in [0.2, 0.25) is 11.8 Å². The molecule has 1 heterocycles. The van der Waals surface area contributed by atoms with E-state index in [2.05, 4.69) is 9.97 Å². The third-order valence-corrected chi connectivity index (χ3v) is 2.36. The van der Waals surface area contributed by atoms with Crippen LogP contribution in [0.2, 0.25) is 0 Å². The van der Waals surface area contributed by atoms with Crippen molar-refractivity contribution in [3.63, 3.8) is 0 Å². The summed E-state index contributed by atoms with van der Waals surface area (Å²) in [4.78, 5) is 20.7. The fraction of sp³-hybridized carbons (Fsp3) is 0.545. The number of carboxylic acids is 1. The van der Waals surface area contributed by atoms with Crippen LogP contribution in [0.5, 0.6) is 5.88 Å². The normalized spacial score (nSPS) is 11.9. The Labute approximate surface area is 100 Å². The molecular formula is C11H17N3O3. The van der Waals surface area contributed by atoms with Crippen molar-refractivity contribution in [1.29, 1.82) is 0 Å². The summed E-state index contributed by atoms with van der Waals surface area (Å²) in [6.45, 7) is 4.18. The lowest BCUT2D eigenvalue weighted by Crippen LogP contribution is -2.39. The van der Waals surface area contributed by atoms with E-state index < -0.39 is 12.0 Å². The molecule has 0 saturated heterocycles. The molecular weight excluding hydrogens is 222 g/mol. The number of aliphatic carboxylic acids is 1. The molecule has 1 unspecified atom stereocenters. The van der Waals surface area contributed by atoms with Crippen LogP contribution in [0.1, 0.15) is 20.3 Å². The van der Waals surface area contributed by atoms with Gasteiger partial charge in [-0.05, 0) is 13.3 Å². The molecule has 6 heteroatoms. The van der Waals surface area contributed by atoms with Crippen LogP contribution >= 0.6 is 0 Å². The molecule has 6 nitrogen and oxygen atoms in total. The van der Waals surface area contributed by atoms with Crippen LogP contribution in [-0.4, -0.2) is 40.7 Å². The van der Waals surface area contributed by atoms with Crippen LogP contribution in [0.3, 0.4) is 0 Å². The summed E-state index contributed by atoms with van der Waals surface area (Å²) >= 11 is 0. The molecule has 0 fully saturated rings. The summed E-state index contributed by atoms with van der Waals surface area (Å²) in [5.41, 5.74) is 0. The predicted octanol–water partition coefficient (Wildman–Crippen LogP) is 1.17. The van der Waals surface area contributed by atoms with Gasteiger partial charge in [-0.1, -0.05) is 6.92 Å². The molecule has 0 radical (unpaired) electrons. The van der Waals surface area contributed by atoms with Gasteiger partial charge < -0.3 is 14.7 Å². The molecule has 0 aliphatic carbocycles. The lowest BCUT2D eigenvalue weighted by Gasteiger charge is -2.23. The molecule has 0 aromatic carbocycles. The Kier molecular flexibility index (Phi) is 4.68. The van der Waals surface area contributed by atoms with Crippen LogP contribution in [0, 0.1) is 0 Å². The smallest absolute Gasteiger partial charge is 0.326 e. The first-order valence-corrected chi connectivity index (χ1v) is 5.51. The number of rotatable bonds is 6. The van der Waals surface area contributed by atoms with E-state index in [1.165, 1.54) is 4.90 Å². The standard InChI is InChI=1S/C11H17N3O3/c1-4-8(10(15)16)14(3)11-12-7-6-9(13-11)17-5-2/h6-8H,4-5H2,1-3H3,(H,15,16). The molecule has 17 heavy (non-hydrogen) atoms. The average molecular weight is 239 g/mol. The Morgan fingerprint density at radius 1 is 1.59 bits per heavy atom. The summed E-state index contributed by atoms with van der Waals surface area (Å²) in [5, 5.41) is 9.05. The fourth-order valence-electron chi connectivity index (χ4n) is 1.48. The van der Waals surface area contributed by atoms with E-state index >= 15 is 0 Å². The highest BCUT2D eigenvalue weighted by atomic mass is 16.5. The second kappa shape index (κ2) is 6.03. The number of aromatic nitrogens is 2. The molecule has 0 spiro atoms. The van der Waals surface area contributed by atoms with Crippen LogP contribution in [0.25, 0.3) is 0 Å². The van der Waals surface area contributed by atoms with Gasteiger partial charge in [0.15, 0.2) is 0 Å². The molecule has 0 saturated carbocycles. The second-order valence-electron chi connectivity index (χ2n) is 3.50. The molecule has 0 aliphatic rings. The van der Waals surface area contributed by atoms with Gasteiger partial charge in [-0.2, -0.15) is 4.98 Å². The SMILES string of the molecule is CCOc1ccnc(N(C)C(CC)C(=O)O)n1. The molecule has 0 aliphatic heterocycles. The zero-order valence-corrected chi connectivity index (χ0v) is 10.3. The molecule has 1 aromatic heterocycles. The molecule has 1 aromatic rings. The summed E-state index contributed by atoms with van der Waals surface area (Å²) in [5.74, 6) is -0.0878. The van der Waals surface area contributed by atoms with Crippen LogP contribution in [-0.2, 0) is 4.79 Å². The van der Waals surface area contributed by atoms with E-state index in [-0.39, 0.29) is 0 Å². The van der Waals surface area contributed by atoms with E-state index in [0.29, 0.717) is 24.9 Å². The van der Waals surface area contributed by atoms with E-state index in [9.17, 15) is 4.79 Å². The van der Waals surface area contributed by atoms with Crippen molar-refractivity contribution in [2.45, 2.75) is 26.3 Å². The van der Waals surface area contributed by atoms with E-state index in [4.69, 9.17) is 9.84 Å². The quantitative estimate of drug-likeness (QED) is 0.803. The van der Waals surface area contributed by atoms with Gasteiger partial charge in [0.1, 0.15) is 6.04 Å². The maximum atomic E-state index is 11.0. The van der Waals surface area contributed by atoms with Crippen LogP contribution in [0.4, 0.5) is 5.95 Å². The van der Waals surface area contributed by atoms with Crippen molar-refractivity contribution in [2.24, 2.45) is 0 Å². The van der Waals surface area contributed by atoms with Crippen molar-refractivity contribution >= 4 is 11.9 Å². The molecule has 1 rings (SSSR count). The summed E-state index contributed by atoms with van der Waals surface area (Å²) < 4.78 is 5.25. The summed E-state index contributed by atoms with van der Waals surface area (Å²) in [6, 6.07) is 1.01. The molecule has 0 bridgehead atoms. The number of likely N-dealkylation sites (N-methyl/N-ethyl adjacent to an activating group) is 1. The molecule has 94 valence electrons. The van der Waals surface area contributed by atoms with Gasteiger partial charge in [0, 0.05) is 19.3 Å². The minimum atomic E-state index is -0.889. The molecule has 1 atom stereocenters. The van der Waals surface area contributed by atoms with Crippen molar-refractivity contribution in [3.05, 3.63) is 12.3 Å². The second-order valence-corrected chi connectivity index (χ2v) is 3.50. The van der Waals surface area contributed by atoms with Crippen molar-refractivity contribution < 1.29 is 14.6 Å². The number of carbonyl (C=O) groups is 1. The van der Waals surface area contributed by atoms with Gasteiger partial charge in [0.25, 0.3) is 0 Å². The minimum Gasteiger partial charge on any atom is -0.480 e. The number of nitrogens with zero attached hydrogens (tertiary/aromatic N) is 3. The Balaban J connectivity index is 2.90. The topological polar surface area (TPSA) is 75.5 Å². The lowest BCUT2D eigenvalue weighted by atomic mass is 10.2. The van der Waals surface area contributed by atoms with Crippen molar-refractivity contribution in [3.8, 4) is 5.88 Å². The number of anilines is 1. The third kappa shape index (κ3) is 3.30. The Morgan fingerprint density at radius 3 is 2.82 bits per heavy atom. The Hall–Kier alpha value is -1.85.